The highest BCUT2D eigenvalue weighted by atomic mass is 32.2. The Hall–Kier alpha value is -0.170. The first kappa shape index (κ1) is 15.9. The highest BCUT2D eigenvalue weighted by Crippen LogP contribution is 2.36. The molecule has 0 bridgehead atoms. The van der Waals surface area contributed by atoms with E-state index in [2.05, 4.69) is 11.6 Å². The summed E-state index contributed by atoms with van der Waals surface area (Å²) in [6.45, 7) is 4.98. The molecule has 0 aromatic rings. The van der Waals surface area contributed by atoms with Crippen molar-refractivity contribution in [3.8, 4) is 0 Å². The fraction of sp³-hybridized carbons (Fsp3) is 1.00. The maximum Gasteiger partial charge on any atom is 0.279 e. The largest absolute Gasteiger partial charge is 0.329 e. The van der Waals surface area contributed by atoms with Gasteiger partial charge in [0.15, 0.2) is 0 Å². The quantitative estimate of drug-likeness (QED) is 0.762. The van der Waals surface area contributed by atoms with Crippen LogP contribution in [-0.4, -0.2) is 38.4 Å². The summed E-state index contributed by atoms with van der Waals surface area (Å²) in [6.07, 6.45) is 4.72. The van der Waals surface area contributed by atoms with E-state index in [9.17, 15) is 8.42 Å². The first-order chi connectivity index (χ1) is 8.38. The van der Waals surface area contributed by atoms with E-state index in [-0.39, 0.29) is 0 Å². The zero-order chi connectivity index (χ0) is 13.8. The van der Waals surface area contributed by atoms with Gasteiger partial charge in [-0.25, -0.2) is 4.72 Å². The predicted molar refractivity (Wildman–Crippen MR) is 74.4 cm³/mol. The smallest absolute Gasteiger partial charge is 0.279 e. The monoisotopic (exact) mass is 277 g/mol. The van der Waals surface area contributed by atoms with E-state index in [0.29, 0.717) is 19.0 Å². The van der Waals surface area contributed by atoms with Gasteiger partial charge in [0.2, 0.25) is 0 Å². The normalized spacial score (nSPS) is 29.7. The van der Waals surface area contributed by atoms with Crippen LogP contribution < -0.4 is 10.5 Å². The third-order valence-corrected chi connectivity index (χ3v) is 5.69. The van der Waals surface area contributed by atoms with Crippen LogP contribution >= 0.6 is 0 Å². The molecule has 1 fully saturated rings. The van der Waals surface area contributed by atoms with Gasteiger partial charge >= 0.3 is 0 Å². The van der Waals surface area contributed by atoms with Crippen molar-refractivity contribution < 1.29 is 8.42 Å². The Balaban J connectivity index is 2.87. The van der Waals surface area contributed by atoms with Crippen LogP contribution in [0.1, 0.15) is 46.0 Å². The Bertz CT molecular complexity index is 358. The van der Waals surface area contributed by atoms with E-state index in [1.807, 2.05) is 6.92 Å². The number of hydrogen-bond donors (Lipinski definition) is 2. The molecule has 0 saturated heterocycles. The van der Waals surface area contributed by atoms with Crippen molar-refractivity contribution in [2.45, 2.75) is 51.5 Å². The van der Waals surface area contributed by atoms with Gasteiger partial charge in [0.1, 0.15) is 0 Å². The van der Waals surface area contributed by atoms with E-state index in [1.54, 1.807) is 7.05 Å². The Morgan fingerprint density at radius 2 is 2.17 bits per heavy atom. The van der Waals surface area contributed by atoms with Crippen LogP contribution in [0.3, 0.4) is 0 Å². The molecule has 0 radical (unpaired) electrons. The molecule has 6 heteroatoms. The topological polar surface area (TPSA) is 75.4 Å². The predicted octanol–water partition coefficient (Wildman–Crippen LogP) is 1.07. The minimum atomic E-state index is -3.41. The minimum absolute atomic E-state index is 0.390. The molecule has 18 heavy (non-hydrogen) atoms. The summed E-state index contributed by atoms with van der Waals surface area (Å²) in [7, 11) is -1.76. The maximum absolute atomic E-state index is 12.2. The summed E-state index contributed by atoms with van der Waals surface area (Å²) < 4.78 is 28.5. The van der Waals surface area contributed by atoms with E-state index < -0.39 is 15.7 Å². The molecule has 0 aromatic heterocycles. The lowest BCUT2D eigenvalue weighted by Crippen LogP contribution is -2.59. The fourth-order valence-electron chi connectivity index (χ4n) is 2.82. The molecular weight excluding hydrogens is 250 g/mol. The maximum atomic E-state index is 12.2. The van der Waals surface area contributed by atoms with Crippen LogP contribution in [0.4, 0.5) is 0 Å². The number of nitrogens with one attached hydrogen (secondary N) is 1. The first-order valence-corrected chi connectivity index (χ1v) is 8.25. The summed E-state index contributed by atoms with van der Waals surface area (Å²) in [5.41, 5.74) is 5.49. The zero-order valence-electron chi connectivity index (χ0n) is 11.8. The molecule has 1 saturated carbocycles. The second-order valence-electron chi connectivity index (χ2n) is 5.50. The van der Waals surface area contributed by atoms with Gasteiger partial charge in [0.25, 0.3) is 10.2 Å². The van der Waals surface area contributed by atoms with Crippen molar-refractivity contribution >= 4 is 10.2 Å². The standard InChI is InChI=1S/C12H27N3O2S/c1-4-8-14-18(16,17)15(3)12(10-13)7-5-6-11(2)9-12/h11,14H,4-10,13H2,1-3H3. The number of likely N-dealkylation sites (N-methyl/N-ethyl adjacent to an activating group) is 1. The molecule has 1 rings (SSSR count). The molecule has 1 aliphatic rings. The van der Waals surface area contributed by atoms with Crippen LogP contribution in [0.25, 0.3) is 0 Å². The molecule has 2 atom stereocenters. The Morgan fingerprint density at radius 1 is 1.50 bits per heavy atom. The van der Waals surface area contributed by atoms with Crippen LogP contribution in [0.2, 0.25) is 0 Å². The highest BCUT2D eigenvalue weighted by Gasteiger charge is 2.42. The van der Waals surface area contributed by atoms with Gasteiger partial charge in [-0.2, -0.15) is 12.7 Å². The van der Waals surface area contributed by atoms with Crippen LogP contribution in [0, 0.1) is 5.92 Å². The van der Waals surface area contributed by atoms with Gasteiger partial charge in [-0.15, -0.1) is 0 Å². The number of nitrogens with two attached hydrogens (primary N) is 1. The SMILES string of the molecule is CCCNS(=O)(=O)N(C)C1(CN)CCCC(C)C1. The lowest BCUT2D eigenvalue weighted by atomic mass is 9.76. The fourth-order valence-corrected chi connectivity index (χ4v) is 4.22. The summed E-state index contributed by atoms with van der Waals surface area (Å²) in [5, 5.41) is 0. The molecule has 0 heterocycles. The van der Waals surface area contributed by atoms with Crippen molar-refractivity contribution in [3.05, 3.63) is 0 Å². The molecule has 5 nitrogen and oxygen atoms in total. The summed E-state index contributed by atoms with van der Waals surface area (Å²) in [6, 6.07) is 0. The zero-order valence-corrected chi connectivity index (χ0v) is 12.6. The summed E-state index contributed by atoms with van der Waals surface area (Å²) >= 11 is 0. The third kappa shape index (κ3) is 3.44. The third-order valence-electron chi connectivity index (χ3n) is 4.01. The van der Waals surface area contributed by atoms with Crippen LogP contribution in [0.5, 0.6) is 0 Å². The molecular formula is C12H27N3O2S. The van der Waals surface area contributed by atoms with Crippen LogP contribution in [-0.2, 0) is 10.2 Å². The Kier molecular flexibility index (Phi) is 5.58. The lowest BCUT2D eigenvalue weighted by Gasteiger charge is -2.44. The lowest BCUT2D eigenvalue weighted by molar-refractivity contribution is 0.126. The van der Waals surface area contributed by atoms with Gasteiger partial charge < -0.3 is 5.73 Å². The van der Waals surface area contributed by atoms with Crippen molar-refractivity contribution in [1.82, 2.24) is 9.03 Å². The van der Waals surface area contributed by atoms with Gasteiger partial charge in [-0.05, 0) is 25.2 Å². The van der Waals surface area contributed by atoms with Gasteiger partial charge in [0.05, 0.1) is 0 Å². The Labute approximate surface area is 111 Å². The van der Waals surface area contributed by atoms with Gasteiger partial charge in [0, 0.05) is 25.7 Å². The molecule has 1 aliphatic carbocycles. The minimum Gasteiger partial charge on any atom is -0.329 e. The molecule has 0 amide bonds. The van der Waals surface area contributed by atoms with E-state index in [1.165, 1.54) is 4.31 Å². The average molecular weight is 277 g/mol. The summed E-state index contributed by atoms with van der Waals surface area (Å²) in [4.78, 5) is 0. The second kappa shape index (κ2) is 6.32. The number of nitrogens with zero attached hydrogens (tertiary/aromatic N) is 1. The van der Waals surface area contributed by atoms with Gasteiger partial charge in [-0.3, -0.25) is 0 Å². The number of hydrogen-bond acceptors (Lipinski definition) is 3. The first-order valence-electron chi connectivity index (χ1n) is 6.81. The van der Waals surface area contributed by atoms with E-state index in [0.717, 1.165) is 32.1 Å². The van der Waals surface area contributed by atoms with Crippen molar-refractivity contribution in [3.63, 3.8) is 0 Å². The molecule has 108 valence electrons. The van der Waals surface area contributed by atoms with Crippen molar-refractivity contribution in [2.24, 2.45) is 11.7 Å². The molecule has 0 spiro atoms. The summed E-state index contributed by atoms with van der Waals surface area (Å²) in [5.74, 6) is 0.533. The number of rotatable bonds is 6. The average Bonchev–Trinajstić information content (AvgIpc) is 2.35. The van der Waals surface area contributed by atoms with E-state index in [4.69, 9.17) is 5.73 Å². The van der Waals surface area contributed by atoms with Crippen molar-refractivity contribution in [1.29, 1.82) is 0 Å². The molecule has 3 N–H and O–H groups in total. The van der Waals surface area contributed by atoms with Crippen molar-refractivity contribution in [2.75, 3.05) is 20.1 Å². The second-order valence-corrected chi connectivity index (χ2v) is 7.28. The molecule has 0 aromatic carbocycles. The molecule has 2 unspecified atom stereocenters. The van der Waals surface area contributed by atoms with Gasteiger partial charge in [-0.1, -0.05) is 26.7 Å². The van der Waals surface area contributed by atoms with E-state index >= 15 is 0 Å². The Morgan fingerprint density at radius 3 is 2.67 bits per heavy atom. The highest BCUT2D eigenvalue weighted by molar-refractivity contribution is 7.87. The molecule has 0 aliphatic heterocycles. The van der Waals surface area contributed by atoms with Crippen LogP contribution in [0.15, 0.2) is 0 Å².